The molecular weight excluding hydrogens is 274 g/mol. The summed E-state index contributed by atoms with van der Waals surface area (Å²) in [7, 11) is 0. The first-order valence-corrected chi connectivity index (χ1v) is 8.28. The summed E-state index contributed by atoms with van der Waals surface area (Å²) in [6, 6.07) is 10.7. The average Bonchev–Trinajstić information content (AvgIpc) is 2.80. The summed E-state index contributed by atoms with van der Waals surface area (Å²) >= 11 is 0. The second-order valence-corrected chi connectivity index (χ2v) is 5.91. The van der Waals surface area contributed by atoms with Crippen LogP contribution in [0.4, 0.5) is 5.69 Å². The molecule has 0 amide bonds. The average molecular weight is 299 g/mol. The smallest absolute Gasteiger partial charge is 0.0726 e. The number of aliphatic hydroxyl groups excluding tert-OH is 1. The predicted molar refractivity (Wildman–Crippen MR) is 91.5 cm³/mol. The van der Waals surface area contributed by atoms with Crippen LogP contribution >= 0.6 is 0 Å². The number of benzene rings is 1. The van der Waals surface area contributed by atoms with Gasteiger partial charge in [0.1, 0.15) is 0 Å². The van der Waals surface area contributed by atoms with E-state index in [1.165, 1.54) is 11.1 Å². The van der Waals surface area contributed by atoms with Gasteiger partial charge in [0.15, 0.2) is 0 Å². The quantitative estimate of drug-likeness (QED) is 0.940. The fourth-order valence-electron chi connectivity index (χ4n) is 3.23. The van der Waals surface area contributed by atoms with Gasteiger partial charge in [-0.05, 0) is 31.5 Å². The minimum absolute atomic E-state index is 0.248. The molecule has 4 heteroatoms. The SMILES string of the molecule is CCc1cc(N2CCCN(CCO)CC2)c2ccccc2n1. The van der Waals surface area contributed by atoms with Gasteiger partial charge in [-0.1, -0.05) is 25.1 Å². The van der Waals surface area contributed by atoms with E-state index < -0.39 is 0 Å². The number of aromatic nitrogens is 1. The van der Waals surface area contributed by atoms with Gasteiger partial charge in [0.25, 0.3) is 0 Å². The molecule has 1 aromatic carbocycles. The molecule has 0 bridgehead atoms. The first kappa shape index (κ1) is 15.3. The van der Waals surface area contributed by atoms with E-state index in [0.717, 1.165) is 56.8 Å². The number of aliphatic hydroxyl groups is 1. The molecule has 0 saturated carbocycles. The summed E-state index contributed by atoms with van der Waals surface area (Å²) in [6.07, 6.45) is 2.10. The van der Waals surface area contributed by atoms with Gasteiger partial charge >= 0.3 is 0 Å². The number of nitrogens with zero attached hydrogens (tertiary/aromatic N) is 3. The van der Waals surface area contributed by atoms with Crippen molar-refractivity contribution in [2.45, 2.75) is 19.8 Å². The number of para-hydroxylation sites is 1. The van der Waals surface area contributed by atoms with Gasteiger partial charge in [-0.3, -0.25) is 9.88 Å². The lowest BCUT2D eigenvalue weighted by Crippen LogP contribution is -2.32. The molecular formula is C18H25N3O. The van der Waals surface area contributed by atoms with Crippen molar-refractivity contribution < 1.29 is 5.11 Å². The third-order valence-electron chi connectivity index (χ3n) is 4.46. The Morgan fingerprint density at radius 2 is 2.00 bits per heavy atom. The van der Waals surface area contributed by atoms with Gasteiger partial charge in [0, 0.05) is 42.9 Å². The molecule has 2 aromatic rings. The molecule has 2 heterocycles. The molecule has 1 aliphatic heterocycles. The van der Waals surface area contributed by atoms with Gasteiger partial charge in [-0.15, -0.1) is 0 Å². The van der Waals surface area contributed by atoms with Gasteiger partial charge < -0.3 is 10.0 Å². The van der Waals surface area contributed by atoms with Crippen LogP contribution in [0.15, 0.2) is 30.3 Å². The molecule has 1 aliphatic rings. The Labute approximate surface area is 132 Å². The van der Waals surface area contributed by atoms with Crippen molar-refractivity contribution in [3.05, 3.63) is 36.0 Å². The van der Waals surface area contributed by atoms with Gasteiger partial charge in [0.05, 0.1) is 12.1 Å². The minimum atomic E-state index is 0.248. The van der Waals surface area contributed by atoms with Gasteiger partial charge in [-0.2, -0.15) is 0 Å². The summed E-state index contributed by atoms with van der Waals surface area (Å²) in [6.45, 7) is 7.35. The van der Waals surface area contributed by atoms with Crippen LogP contribution in [0.5, 0.6) is 0 Å². The molecule has 0 unspecified atom stereocenters. The highest BCUT2D eigenvalue weighted by molar-refractivity contribution is 5.92. The number of hydrogen-bond acceptors (Lipinski definition) is 4. The van der Waals surface area contributed by atoms with Crippen molar-refractivity contribution in [1.29, 1.82) is 0 Å². The number of anilines is 1. The van der Waals surface area contributed by atoms with Crippen LogP contribution in [-0.2, 0) is 6.42 Å². The van der Waals surface area contributed by atoms with Crippen LogP contribution in [0.2, 0.25) is 0 Å². The number of fused-ring (bicyclic) bond motifs is 1. The molecule has 1 N–H and O–H groups in total. The molecule has 3 rings (SSSR count). The first-order valence-electron chi connectivity index (χ1n) is 8.28. The third-order valence-corrected chi connectivity index (χ3v) is 4.46. The highest BCUT2D eigenvalue weighted by atomic mass is 16.3. The molecule has 4 nitrogen and oxygen atoms in total. The standard InChI is InChI=1S/C18H25N3O/c1-2-15-14-18(16-6-3-4-7-17(16)19-15)21-9-5-8-20(10-11-21)12-13-22/h3-4,6-7,14,22H,2,5,8-13H2,1H3. The summed E-state index contributed by atoms with van der Waals surface area (Å²) in [5, 5.41) is 10.4. The summed E-state index contributed by atoms with van der Waals surface area (Å²) in [5.74, 6) is 0. The Morgan fingerprint density at radius 3 is 2.82 bits per heavy atom. The maximum absolute atomic E-state index is 9.14. The Balaban J connectivity index is 1.91. The summed E-state index contributed by atoms with van der Waals surface area (Å²) < 4.78 is 0. The molecule has 1 fully saturated rings. The van der Waals surface area contributed by atoms with Gasteiger partial charge in [0.2, 0.25) is 0 Å². The Kier molecular flexibility index (Phi) is 4.90. The second kappa shape index (κ2) is 7.07. The zero-order valence-electron chi connectivity index (χ0n) is 13.3. The first-order chi connectivity index (χ1) is 10.8. The lowest BCUT2D eigenvalue weighted by Gasteiger charge is -2.25. The van der Waals surface area contributed by atoms with E-state index in [4.69, 9.17) is 10.1 Å². The van der Waals surface area contributed by atoms with Crippen LogP contribution in [0.1, 0.15) is 19.0 Å². The van der Waals surface area contributed by atoms with E-state index in [1.807, 2.05) is 0 Å². The Morgan fingerprint density at radius 1 is 1.14 bits per heavy atom. The molecule has 0 spiro atoms. The minimum Gasteiger partial charge on any atom is -0.395 e. The second-order valence-electron chi connectivity index (χ2n) is 5.91. The summed E-state index contributed by atoms with van der Waals surface area (Å²) in [5.41, 5.74) is 3.56. The highest BCUT2D eigenvalue weighted by Crippen LogP contribution is 2.27. The van der Waals surface area contributed by atoms with Crippen LogP contribution in [0, 0.1) is 0 Å². The molecule has 1 saturated heterocycles. The van der Waals surface area contributed by atoms with Crippen LogP contribution in [-0.4, -0.2) is 54.3 Å². The maximum Gasteiger partial charge on any atom is 0.0726 e. The van der Waals surface area contributed by atoms with E-state index in [0.29, 0.717) is 0 Å². The number of hydrogen-bond donors (Lipinski definition) is 1. The molecule has 0 atom stereocenters. The molecule has 1 aromatic heterocycles. The topological polar surface area (TPSA) is 39.6 Å². The van der Waals surface area contributed by atoms with E-state index in [1.54, 1.807) is 0 Å². The predicted octanol–water partition coefficient (Wildman–Crippen LogP) is 2.30. The third kappa shape index (κ3) is 3.23. The molecule has 0 aliphatic carbocycles. The molecule has 0 radical (unpaired) electrons. The number of pyridine rings is 1. The largest absolute Gasteiger partial charge is 0.395 e. The molecule has 22 heavy (non-hydrogen) atoms. The van der Waals surface area contributed by atoms with Crippen LogP contribution in [0.25, 0.3) is 10.9 Å². The Hall–Kier alpha value is -1.65. The van der Waals surface area contributed by atoms with E-state index in [-0.39, 0.29) is 6.61 Å². The Bertz CT molecular complexity index is 629. The lowest BCUT2D eigenvalue weighted by atomic mass is 10.1. The van der Waals surface area contributed by atoms with E-state index in [2.05, 4.69) is 47.1 Å². The van der Waals surface area contributed by atoms with Crippen molar-refractivity contribution in [2.75, 3.05) is 44.2 Å². The zero-order chi connectivity index (χ0) is 15.4. The number of rotatable bonds is 4. The number of aryl methyl sites for hydroxylation is 1. The van der Waals surface area contributed by atoms with Crippen molar-refractivity contribution >= 4 is 16.6 Å². The van der Waals surface area contributed by atoms with E-state index in [9.17, 15) is 0 Å². The zero-order valence-corrected chi connectivity index (χ0v) is 13.3. The molecule has 118 valence electrons. The van der Waals surface area contributed by atoms with Crippen molar-refractivity contribution in [1.82, 2.24) is 9.88 Å². The fraction of sp³-hybridized carbons (Fsp3) is 0.500. The van der Waals surface area contributed by atoms with Crippen LogP contribution in [0.3, 0.4) is 0 Å². The van der Waals surface area contributed by atoms with Gasteiger partial charge in [-0.25, -0.2) is 0 Å². The number of β-amino-alcohol motifs (C(OH)–C–C–N with tert-alkyl or cyclic N) is 1. The maximum atomic E-state index is 9.14. The van der Waals surface area contributed by atoms with Crippen molar-refractivity contribution in [2.24, 2.45) is 0 Å². The lowest BCUT2D eigenvalue weighted by molar-refractivity contribution is 0.204. The highest BCUT2D eigenvalue weighted by Gasteiger charge is 2.17. The van der Waals surface area contributed by atoms with Crippen molar-refractivity contribution in [3.63, 3.8) is 0 Å². The summed E-state index contributed by atoms with van der Waals surface area (Å²) in [4.78, 5) is 9.58. The fourth-order valence-corrected chi connectivity index (χ4v) is 3.23. The van der Waals surface area contributed by atoms with E-state index >= 15 is 0 Å². The normalized spacial score (nSPS) is 16.9. The monoisotopic (exact) mass is 299 g/mol. The van der Waals surface area contributed by atoms with Crippen LogP contribution < -0.4 is 4.90 Å². The van der Waals surface area contributed by atoms with Crippen molar-refractivity contribution in [3.8, 4) is 0 Å².